The molecule has 6 rings (SSSR count). The molecule has 1 aliphatic rings. The number of hydrogen-bond donors (Lipinski definition) is 2. The second-order valence-electron chi connectivity index (χ2n) is 8.78. The van der Waals surface area contributed by atoms with E-state index < -0.39 is 0 Å². The summed E-state index contributed by atoms with van der Waals surface area (Å²) in [6, 6.07) is 19.3. The molecule has 2 N–H and O–H groups in total. The monoisotopic (exact) mass is 492 g/mol. The highest BCUT2D eigenvalue weighted by Crippen LogP contribution is 2.35. The van der Waals surface area contributed by atoms with Crippen LogP contribution in [0.4, 0.5) is 5.82 Å². The molecule has 5 aromatic rings. The summed E-state index contributed by atoms with van der Waals surface area (Å²) in [6.45, 7) is 0.711. The Morgan fingerprint density at radius 1 is 1.11 bits per heavy atom. The van der Waals surface area contributed by atoms with E-state index in [9.17, 15) is 4.79 Å². The highest BCUT2D eigenvalue weighted by Gasteiger charge is 2.24. The fourth-order valence-corrected chi connectivity index (χ4v) is 4.32. The molecule has 2 aromatic carbocycles. The molecule has 9 nitrogen and oxygen atoms in total. The number of aromatic nitrogens is 5. The topological polar surface area (TPSA) is 107 Å². The molecular formula is C28H24N6O3. The Labute approximate surface area is 213 Å². The lowest BCUT2D eigenvalue weighted by molar-refractivity contribution is -0.116. The second kappa shape index (κ2) is 9.98. The van der Waals surface area contributed by atoms with Gasteiger partial charge in [0.05, 0.1) is 24.5 Å². The van der Waals surface area contributed by atoms with Gasteiger partial charge in [0.2, 0.25) is 5.91 Å². The van der Waals surface area contributed by atoms with Crippen molar-refractivity contribution in [2.24, 2.45) is 0 Å². The first-order chi connectivity index (χ1) is 18.2. The molecule has 184 valence electrons. The third kappa shape index (κ3) is 5.20. The van der Waals surface area contributed by atoms with Crippen LogP contribution in [0, 0.1) is 0 Å². The number of nitrogens with one attached hydrogen (secondary N) is 2. The Balaban J connectivity index is 1.13. The fraction of sp³-hybridized carbons (Fsp3) is 0.143. The number of ether oxygens (including phenoxy) is 2. The average molecular weight is 493 g/mol. The van der Waals surface area contributed by atoms with E-state index in [0.29, 0.717) is 23.9 Å². The van der Waals surface area contributed by atoms with Gasteiger partial charge in [-0.15, -0.1) is 0 Å². The fourth-order valence-electron chi connectivity index (χ4n) is 4.32. The molecule has 1 unspecified atom stereocenters. The van der Waals surface area contributed by atoms with Crippen LogP contribution in [0.2, 0.25) is 0 Å². The number of nitrogens with zero attached hydrogens (tertiary/aromatic N) is 4. The van der Waals surface area contributed by atoms with Crippen molar-refractivity contribution in [1.82, 2.24) is 24.5 Å². The molecule has 0 bridgehead atoms. The maximum atomic E-state index is 12.3. The molecule has 0 radical (unpaired) electrons. The van der Waals surface area contributed by atoms with Crippen LogP contribution < -0.4 is 14.8 Å². The molecule has 0 fully saturated rings. The van der Waals surface area contributed by atoms with E-state index in [1.54, 1.807) is 41.6 Å². The van der Waals surface area contributed by atoms with Gasteiger partial charge < -0.3 is 24.3 Å². The van der Waals surface area contributed by atoms with Crippen molar-refractivity contribution in [1.29, 1.82) is 0 Å². The second-order valence-corrected chi connectivity index (χ2v) is 8.78. The summed E-state index contributed by atoms with van der Waals surface area (Å²) in [5.74, 6) is 3.32. The highest BCUT2D eigenvalue weighted by atomic mass is 16.5. The number of carbonyl (C=O) groups excluding carboxylic acids is 1. The molecule has 1 aliphatic heterocycles. The average Bonchev–Trinajstić information content (AvgIpc) is 3.62. The van der Waals surface area contributed by atoms with Crippen molar-refractivity contribution in [3.8, 4) is 28.5 Å². The van der Waals surface area contributed by atoms with E-state index in [2.05, 4.69) is 20.3 Å². The minimum Gasteiger partial charge on any atom is -0.493 e. The van der Waals surface area contributed by atoms with E-state index in [1.165, 1.54) is 0 Å². The van der Waals surface area contributed by atoms with Crippen LogP contribution in [0.3, 0.4) is 0 Å². The van der Waals surface area contributed by atoms with Crippen molar-refractivity contribution in [2.45, 2.75) is 18.9 Å². The highest BCUT2D eigenvalue weighted by molar-refractivity contribution is 5.89. The minimum atomic E-state index is -0.201. The Morgan fingerprint density at radius 2 is 2.00 bits per heavy atom. The number of H-pyrrole nitrogens is 1. The van der Waals surface area contributed by atoms with Gasteiger partial charge in [-0.2, -0.15) is 0 Å². The standard InChI is InChI=1S/C28H24N6O3/c35-27(16-34-11-10-29-18-34)33-26-14-23(8-9-30-26)37-22-6-7-25-20(13-22)12-21(17-36-25)28-31-15-24(32-28)19-4-2-1-3-5-19/h1-11,13-15,18,21H,12,16-17H2,(H,31,32)(H,30,33,35). The summed E-state index contributed by atoms with van der Waals surface area (Å²) in [5.41, 5.74) is 3.05. The van der Waals surface area contributed by atoms with E-state index in [0.717, 1.165) is 34.8 Å². The van der Waals surface area contributed by atoms with Crippen molar-refractivity contribution < 1.29 is 14.3 Å². The first kappa shape index (κ1) is 22.5. The molecule has 3 aromatic heterocycles. The number of aromatic amines is 1. The summed E-state index contributed by atoms with van der Waals surface area (Å²) in [6.07, 6.45) is 9.26. The predicted octanol–water partition coefficient (Wildman–Crippen LogP) is 4.82. The van der Waals surface area contributed by atoms with Crippen LogP contribution in [0.5, 0.6) is 17.2 Å². The molecule has 9 heteroatoms. The van der Waals surface area contributed by atoms with Crippen LogP contribution in [0.15, 0.2) is 91.8 Å². The van der Waals surface area contributed by atoms with Crippen LogP contribution >= 0.6 is 0 Å². The van der Waals surface area contributed by atoms with Gasteiger partial charge in [-0.25, -0.2) is 15.0 Å². The van der Waals surface area contributed by atoms with Crippen molar-refractivity contribution in [3.05, 3.63) is 103 Å². The van der Waals surface area contributed by atoms with Gasteiger partial charge in [0.15, 0.2) is 0 Å². The van der Waals surface area contributed by atoms with Gasteiger partial charge in [0, 0.05) is 36.4 Å². The number of imidazole rings is 2. The Morgan fingerprint density at radius 3 is 2.86 bits per heavy atom. The lowest BCUT2D eigenvalue weighted by Crippen LogP contribution is -2.20. The zero-order valence-electron chi connectivity index (χ0n) is 19.9. The molecule has 1 atom stereocenters. The van der Waals surface area contributed by atoms with Crippen molar-refractivity contribution >= 4 is 11.7 Å². The number of hydrogen-bond acceptors (Lipinski definition) is 6. The molecule has 4 heterocycles. The minimum absolute atomic E-state index is 0.110. The summed E-state index contributed by atoms with van der Waals surface area (Å²) in [4.78, 5) is 28.6. The lowest BCUT2D eigenvalue weighted by Gasteiger charge is -2.24. The van der Waals surface area contributed by atoms with E-state index >= 15 is 0 Å². The van der Waals surface area contributed by atoms with Gasteiger partial charge in [0.1, 0.15) is 35.4 Å². The maximum absolute atomic E-state index is 12.3. The quantitative estimate of drug-likeness (QED) is 0.337. The first-order valence-corrected chi connectivity index (χ1v) is 12.0. The third-order valence-electron chi connectivity index (χ3n) is 6.11. The molecule has 0 saturated carbocycles. The SMILES string of the molecule is O=C(Cn1ccnc1)Nc1cc(Oc2ccc3c(c2)CC(c2nc(-c4ccccc4)c[nH]2)CO3)ccn1. The van der Waals surface area contributed by atoms with Crippen molar-refractivity contribution in [3.63, 3.8) is 0 Å². The number of benzene rings is 2. The van der Waals surface area contributed by atoms with Gasteiger partial charge in [-0.3, -0.25) is 4.79 Å². The Bertz CT molecular complexity index is 1510. The number of pyridine rings is 1. The smallest absolute Gasteiger partial charge is 0.245 e. The van der Waals surface area contributed by atoms with Crippen LogP contribution in [0.25, 0.3) is 11.3 Å². The number of fused-ring (bicyclic) bond motifs is 1. The molecule has 1 amide bonds. The zero-order chi connectivity index (χ0) is 25.0. The summed E-state index contributed by atoms with van der Waals surface area (Å²) in [7, 11) is 0. The molecule has 0 aliphatic carbocycles. The van der Waals surface area contributed by atoms with Crippen LogP contribution in [-0.2, 0) is 17.8 Å². The Kier molecular flexibility index (Phi) is 6.08. The molecular weight excluding hydrogens is 468 g/mol. The van der Waals surface area contributed by atoms with Gasteiger partial charge >= 0.3 is 0 Å². The number of anilines is 1. The largest absolute Gasteiger partial charge is 0.493 e. The van der Waals surface area contributed by atoms with E-state index in [-0.39, 0.29) is 18.4 Å². The maximum Gasteiger partial charge on any atom is 0.245 e. The van der Waals surface area contributed by atoms with E-state index in [1.807, 2.05) is 54.7 Å². The normalized spacial score (nSPS) is 14.4. The number of rotatable bonds is 7. The summed E-state index contributed by atoms with van der Waals surface area (Å²) >= 11 is 0. The third-order valence-corrected chi connectivity index (χ3v) is 6.11. The van der Waals surface area contributed by atoms with Crippen molar-refractivity contribution in [2.75, 3.05) is 11.9 Å². The zero-order valence-corrected chi connectivity index (χ0v) is 19.9. The molecule has 0 saturated heterocycles. The molecule has 37 heavy (non-hydrogen) atoms. The summed E-state index contributed by atoms with van der Waals surface area (Å²) < 4.78 is 13.8. The Hall–Kier alpha value is -4.92. The van der Waals surface area contributed by atoms with Gasteiger partial charge in [-0.1, -0.05) is 30.3 Å². The van der Waals surface area contributed by atoms with Crippen LogP contribution in [-0.4, -0.2) is 37.0 Å². The number of carbonyl (C=O) groups is 1. The van der Waals surface area contributed by atoms with Gasteiger partial charge in [-0.05, 0) is 36.2 Å². The summed E-state index contributed by atoms with van der Waals surface area (Å²) in [5, 5.41) is 2.78. The first-order valence-electron chi connectivity index (χ1n) is 12.0. The molecule has 0 spiro atoms. The van der Waals surface area contributed by atoms with Gasteiger partial charge in [0.25, 0.3) is 0 Å². The lowest BCUT2D eigenvalue weighted by atomic mass is 9.96. The number of amides is 1. The van der Waals surface area contributed by atoms with Crippen LogP contribution in [0.1, 0.15) is 17.3 Å². The van der Waals surface area contributed by atoms with E-state index in [4.69, 9.17) is 14.5 Å². The predicted molar refractivity (Wildman–Crippen MR) is 138 cm³/mol.